The van der Waals surface area contributed by atoms with Crippen LogP contribution in [-0.2, 0) is 20.9 Å². The minimum absolute atomic E-state index is 0.0254. The van der Waals surface area contributed by atoms with E-state index >= 15 is 0 Å². The summed E-state index contributed by atoms with van der Waals surface area (Å²) in [7, 11) is 0. The standard InChI is InChI=1S/C29H26FNO5/c30-22-12-8-21(9-13-22)27(32)25-26(31(29(34)28(25)33)17-24-7-4-16-35-24)20-10-14-23(15-11-20)36-18-19-5-2-1-3-6-19/h1-3,5-6,8-15,24,26,32H,4,7,16-18H2/t24-,26+/m1/s1. The van der Waals surface area contributed by atoms with E-state index in [9.17, 15) is 19.1 Å². The number of carbonyl (C=O) groups is 2. The zero-order chi connectivity index (χ0) is 25.1. The molecule has 3 aromatic carbocycles. The van der Waals surface area contributed by atoms with Gasteiger partial charge >= 0.3 is 0 Å². The first kappa shape index (κ1) is 23.8. The number of ketones is 1. The van der Waals surface area contributed by atoms with Crippen molar-refractivity contribution >= 4 is 17.4 Å². The van der Waals surface area contributed by atoms with E-state index in [1.54, 1.807) is 24.3 Å². The number of hydrogen-bond acceptors (Lipinski definition) is 5. The zero-order valence-electron chi connectivity index (χ0n) is 19.6. The first-order chi connectivity index (χ1) is 17.5. The van der Waals surface area contributed by atoms with Crippen molar-refractivity contribution < 1.29 is 28.6 Å². The number of rotatable bonds is 7. The fraction of sp³-hybridized carbons (Fsp3) is 0.241. The number of likely N-dealkylation sites (tertiary alicyclic amines) is 1. The molecule has 2 fully saturated rings. The number of amides is 1. The number of ether oxygens (including phenoxy) is 2. The molecule has 36 heavy (non-hydrogen) atoms. The Morgan fingerprint density at radius 2 is 1.72 bits per heavy atom. The number of carbonyl (C=O) groups excluding carboxylic acids is 2. The van der Waals surface area contributed by atoms with Crippen LogP contribution in [0.1, 0.15) is 35.6 Å². The highest BCUT2D eigenvalue weighted by Crippen LogP contribution is 2.40. The first-order valence-electron chi connectivity index (χ1n) is 11.9. The largest absolute Gasteiger partial charge is 0.507 e. The predicted molar refractivity (Wildman–Crippen MR) is 132 cm³/mol. The van der Waals surface area contributed by atoms with E-state index in [0.29, 0.717) is 24.5 Å². The smallest absolute Gasteiger partial charge is 0.295 e. The second-order valence-electron chi connectivity index (χ2n) is 8.94. The molecule has 0 saturated carbocycles. The number of aliphatic hydroxyl groups is 1. The fourth-order valence-electron chi connectivity index (χ4n) is 4.67. The Kier molecular flexibility index (Phi) is 6.82. The second kappa shape index (κ2) is 10.3. The summed E-state index contributed by atoms with van der Waals surface area (Å²) >= 11 is 0. The third-order valence-corrected chi connectivity index (χ3v) is 6.53. The minimum atomic E-state index is -0.803. The van der Waals surface area contributed by atoms with E-state index in [2.05, 4.69) is 0 Å². The highest BCUT2D eigenvalue weighted by molar-refractivity contribution is 6.46. The quantitative estimate of drug-likeness (QED) is 0.288. The van der Waals surface area contributed by atoms with Crippen molar-refractivity contribution in [1.82, 2.24) is 4.90 Å². The first-order valence-corrected chi connectivity index (χ1v) is 11.9. The Morgan fingerprint density at radius 3 is 2.39 bits per heavy atom. The van der Waals surface area contributed by atoms with Crippen LogP contribution in [0.5, 0.6) is 5.75 Å². The fourth-order valence-corrected chi connectivity index (χ4v) is 4.67. The lowest BCUT2D eigenvalue weighted by Gasteiger charge is -2.27. The summed E-state index contributed by atoms with van der Waals surface area (Å²) in [6, 6.07) is 21.3. The Labute approximate surface area is 208 Å². The molecule has 2 aliphatic heterocycles. The number of aliphatic hydroxyl groups excluding tert-OH is 1. The van der Waals surface area contributed by atoms with Gasteiger partial charge in [-0.1, -0.05) is 42.5 Å². The molecule has 0 aromatic heterocycles. The lowest BCUT2D eigenvalue weighted by atomic mass is 9.95. The molecule has 2 aliphatic rings. The summed E-state index contributed by atoms with van der Waals surface area (Å²) in [5.74, 6) is -1.63. The number of halogens is 1. The molecular formula is C29H26FNO5. The molecule has 0 aliphatic carbocycles. The van der Waals surface area contributed by atoms with Crippen molar-refractivity contribution in [3.05, 3.63) is 107 Å². The Balaban J connectivity index is 1.48. The molecule has 1 N–H and O–H groups in total. The molecule has 0 radical (unpaired) electrons. The molecule has 0 unspecified atom stereocenters. The van der Waals surface area contributed by atoms with Gasteiger partial charge in [-0.2, -0.15) is 0 Å². The van der Waals surface area contributed by atoms with Crippen LogP contribution < -0.4 is 4.74 Å². The number of hydrogen-bond donors (Lipinski definition) is 1. The summed E-state index contributed by atoms with van der Waals surface area (Å²) in [6.45, 7) is 1.26. The molecule has 6 nitrogen and oxygen atoms in total. The minimum Gasteiger partial charge on any atom is -0.507 e. The number of benzene rings is 3. The molecule has 3 aromatic rings. The van der Waals surface area contributed by atoms with Crippen molar-refractivity contribution in [3.63, 3.8) is 0 Å². The van der Waals surface area contributed by atoms with Crippen molar-refractivity contribution in [2.75, 3.05) is 13.2 Å². The summed E-state index contributed by atoms with van der Waals surface area (Å²) in [5.41, 5.74) is 1.93. The van der Waals surface area contributed by atoms with Crippen LogP contribution in [0.2, 0.25) is 0 Å². The SMILES string of the molecule is O=C1C(=O)N(C[C@H]2CCCO2)[C@@H](c2ccc(OCc3ccccc3)cc2)C1=C(O)c1ccc(F)cc1. The van der Waals surface area contributed by atoms with E-state index in [1.807, 2.05) is 30.3 Å². The van der Waals surface area contributed by atoms with Crippen molar-refractivity contribution in [2.45, 2.75) is 31.6 Å². The van der Waals surface area contributed by atoms with Gasteiger partial charge in [-0.05, 0) is 60.4 Å². The summed E-state index contributed by atoms with van der Waals surface area (Å²) in [6.07, 6.45) is 1.51. The molecule has 0 bridgehead atoms. The molecular weight excluding hydrogens is 461 g/mol. The van der Waals surface area contributed by atoms with Crippen LogP contribution in [0.3, 0.4) is 0 Å². The maximum atomic E-state index is 13.5. The van der Waals surface area contributed by atoms with Gasteiger partial charge in [0.15, 0.2) is 0 Å². The van der Waals surface area contributed by atoms with Gasteiger partial charge in [0.05, 0.1) is 17.7 Å². The Bertz CT molecular complexity index is 1270. The van der Waals surface area contributed by atoms with Crippen molar-refractivity contribution in [2.24, 2.45) is 0 Å². The Hall–Kier alpha value is -3.97. The van der Waals surface area contributed by atoms with Gasteiger partial charge in [-0.3, -0.25) is 9.59 Å². The van der Waals surface area contributed by atoms with Crippen LogP contribution in [-0.4, -0.2) is 41.0 Å². The van der Waals surface area contributed by atoms with E-state index in [4.69, 9.17) is 9.47 Å². The van der Waals surface area contributed by atoms with Crippen LogP contribution >= 0.6 is 0 Å². The third-order valence-electron chi connectivity index (χ3n) is 6.53. The van der Waals surface area contributed by atoms with Gasteiger partial charge in [-0.25, -0.2) is 4.39 Å². The normalized spacial score (nSPS) is 21.2. The number of Topliss-reactive ketones (excluding diaryl/α,β-unsaturated/α-hetero) is 1. The molecule has 184 valence electrons. The molecule has 2 heterocycles. The van der Waals surface area contributed by atoms with E-state index in [1.165, 1.54) is 29.2 Å². The zero-order valence-corrected chi connectivity index (χ0v) is 19.6. The lowest BCUT2D eigenvalue weighted by Crippen LogP contribution is -2.36. The average Bonchev–Trinajstić information content (AvgIpc) is 3.51. The van der Waals surface area contributed by atoms with Gasteiger partial charge in [0.2, 0.25) is 0 Å². The molecule has 2 saturated heterocycles. The lowest BCUT2D eigenvalue weighted by molar-refractivity contribution is -0.140. The number of nitrogens with zero attached hydrogens (tertiary/aromatic N) is 1. The average molecular weight is 488 g/mol. The molecule has 0 spiro atoms. The molecule has 5 rings (SSSR count). The molecule has 7 heteroatoms. The van der Waals surface area contributed by atoms with Crippen LogP contribution in [0.15, 0.2) is 84.4 Å². The maximum absolute atomic E-state index is 13.5. The van der Waals surface area contributed by atoms with E-state index in [-0.39, 0.29) is 29.5 Å². The third kappa shape index (κ3) is 4.88. The monoisotopic (exact) mass is 487 g/mol. The summed E-state index contributed by atoms with van der Waals surface area (Å²) in [4.78, 5) is 27.7. The topological polar surface area (TPSA) is 76.1 Å². The van der Waals surface area contributed by atoms with Gasteiger partial charge in [0, 0.05) is 18.7 Å². The van der Waals surface area contributed by atoms with Crippen molar-refractivity contribution in [1.29, 1.82) is 0 Å². The van der Waals surface area contributed by atoms with E-state index < -0.39 is 23.5 Å². The molecule has 1 amide bonds. The van der Waals surface area contributed by atoms with Gasteiger partial charge in [-0.15, -0.1) is 0 Å². The van der Waals surface area contributed by atoms with Gasteiger partial charge < -0.3 is 19.5 Å². The molecule has 2 atom stereocenters. The summed E-state index contributed by atoms with van der Waals surface area (Å²) < 4.78 is 25.1. The van der Waals surface area contributed by atoms with Gasteiger partial charge in [0.1, 0.15) is 23.9 Å². The Morgan fingerprint density at radius 1 is 1.00 bits per heavy atom. The van der Waals surface area contributed by atoms with Gasteiger partial charge in [0.25, 0.3) is 11.7 Å². The van der Waals surface area contributed by atoms with Crippen LogP contribution in [0.25, 0.3) is 5.76 Å². The highest BCUT2D eigenvalue weighted by Gasteiger charge is 2.47. The van der Waals surface area contributed by atoms with Crippen LogP contribution in [0, 0.1) is 5.82 Å². The van der Waals surface area contributed by atoms with Crippen molar-refractivity contribution in [3.8, 4) is 5.75 Å². The van der Waals surface area contributed by atoms with Crippen LogP contribution in [0.4, 0.5) is 4.39 Å². The second-order valence-corrected chi connectivity index (χ2v) is 8.94. The highest BCUT2D eigenvalue weighted by atomic mass is 19.1. The van der Waals surface area contributed by atoms with E-state index in [0.717, 1.165) is 18.4 Å². The summed E-state index contributed by atoms with van der Waals surface area (Å²) in [5, 5.41) is 11.1. The maximum Gasteiger partial charge on any atom is 0.295 e. The predicted octanol–water partition coefficient (Wildman–Crippen LogP) is 5.01.